The fourth-order valence-electron chi connectivity index (χ4n) is 2.32. The molecular weight excluding hydrogens is 290 g/mol. The lowest BCUT2D eigenvalue weighted by Gasteiger charge is -2.11. The van der Waals surface area contributed by atoms with Crippen molar-refractivity contribution in [2.24, 2.45) is 0 Å². The zero-order chi connectivity index (χ0) is 15.5. The summed E-state index contributed by atoms with van der Waals surface area (Å²) in [6.07, 6.45) is 4.47. The van der Waals surface area contributed by atoms with Crippen molar-refractivity contribution in [1.29, 1.82) is 0 Å². The molecule has 1 amide bonds. The molecule has 0 fully saturated rings. The molecule has 116 valence electrons. The second-order valence-electron chi connectivity index (χ2n) is 5.40. The van der Waals surface area contributed by atoms with Crippen molar-refractivity contribution in [2.75, 3.05) is 19.4 Å². The van der Waals surface area contributed by atoms with Gasteiger partial charge in [-0.25, -0.2) is 8.42 Å². The topological polar surface area (TPSA) is 72.5 Å². The molecule has 0 spiro atoms. The molecule has 2 rings (SSSR count). The van der Waals surface area contributed by atoms with E-state index in [1.54, 1.807) is 0 Å². The lowest BCUT2D eigenvalue weighted by atomic mass is 10.1. The number of carbonyl (C=O) groups excluding carboxylic acids is 1. The van der Waals surface area contributed by atoms with Crippen LogP contribution in [0.4, 0.5) is 0 Å². The van der Waals surface area contributed by atoms with E-state index >= 15 is 0 Å². The summed E-state index contributed by atoms with van der Waals surface area (Å²) in [6.45, 7) is 1.99. The smallest absolute Gasteiger partial charge is 0.238 e. The molecule has 0 unspecified atom stereocenters. The summed E-state index contributed by atoms with van der Waals surface area (Å²) in [6, 6.07) is 6.07. The van der Waals surface area contributed by atoms with Crippen molar-refractivity contribution in [1.82, 2.24) is 5.32 Å². The Balaban J connectivity index is 1.76. The normalized spacial score (nSPS) is 15.3. The molecule has 1 aromatic rings. The SMILES string of the molecule is C[C@@H](C(=O)NCCOc1ccc2c(c1)CCC2)S(C)(=O)=O. The molecule has 1 aliphatic rings. The fourth-order valence-corrected chi connectivity index (χ4v) is 2.79. The summed E-state index contributed by atoms with van der Waals surface area (Å²) in [5.74, 6) is 0.302. The summed E-state index contributed by atoms with van der Waals surface area (Å²) in [5, 5.41) is 1.54. The van der Waals surface area contributed by atoms with Gasteiger partial charge in [0.2, 0.25) is 5.91 Å². The lowest BCUT2D eigenvalue weighted by molar-refractivity contribution is -0.120. The highest BCUT2D eigenvalue weighted by Gasteiger charge is 2.22. The van der Waals surface area contributed by atoms with Crippen LogP contribution >= 0.6 is 0 Å². The average Bonchev–Trinajstić information content (AvgIpc) is 2.89. The first-order valence-electron chi connectivity index (χ1n) is 7.09. The Morgan fingerprint density at radius 3 is 2.76 bits per heavy atom. The monoisotopic (exact) mass is 311 g/mol. The van der Waals surface area contributed by atoms with Gasteiger partial charge in [-0.1, -0.05) is 6.07 Å². The molecule has 6 heteroatoms. The summed E-state index contributed by atoms with van der Waals surface area (Å²) in [7, 11) is -3.35. The van der Waals surface area contributed by atoms with Crippen LogP contribution in [0, 0.1) is 0 Å². The standard InChI is InChI=1S/C15H21NO4S/c1-11(21(2,18)19)15(17)16-8-9-20-14-7-6-12-4-3-5-13(12)10-14/h6-7,10-11H,3-5,8-9H2,1-2H3,(H,16,17)/t11-/m0/s1. The van der Waals surface area contributed by atoms with Gasteiger partial charge in [0.1, 0.15) is 17.6 Å². The van der Waals surface area contributed by atoms with Crippen LogP contribution < -0.4 is 10.1 Å². The molecule has 1 atom stereocenters. The second kappa shape index (κ2) is 6.47. The van der Waals surface area contributed by atoms with E-state index in [2.05, 4.69) is 11.4 Å². The molecule has 0 radical (unpaired) electrons. The molecular formula is C15H21NO4S. The molecule has 5 nitrogen and oxygen atoms in total. The minimum atomic E-state index is -3.35. The summed E-state index contributed by atoms with van der Waals surface area (Å²) < 4.78 is 28.1. The molecule has 0 aliphatic heterocycles. The van der Waals surface area contributed by atoms with Gasteiger partial charge in [0.25, 0.3) is 0 Å². The number of hydrogen-bond acceptors (Lipinski definition) is 4. The number of sulfone groups is 1. The Kier molecular flexibility index (Phi) is 4.88. The number of carbonyl (C=O) groups is 1. The molecule has 0 bridgehead atoms. The van der Waals surface area contributed by atoms with Gasteiger partial charge in [-0.05, 0) is 49.4 Å². The molecule has 0 heterocycles. The largest absolute Gasteiger partial charge is 0.492 e. The number of nitrogens with one attached hydrogen (secondary N) is 1. The maximum atomic E-state index is 11.6. The van der Waals surface area contributed by atoms with E-state index in [1.807, 2.05) is 12.1 Å². The van der Waals surface area contributed by atoms with Gasteiger partial charge in [-0.2, -0.15) is 0 Å². The minimum absolute atomic E-state index is 0.287. The fraction of sp³-hybridized carbons (Fsp3) is 0.533. The van der Waals surface area contributed by atoms with Crippen LogP contribution in [0.15, 0.2) is 18.2 Å². The van der Waals surface area contributed by atoms with Crippen molar-refractivity contribution in [3.8, 4) is 5.75 Å². The summed E-state index contributed by atoms with van der Waals surface area (Å²) in [4.78, 5) is 11.6. The zero-order valence-electron chi connectivity index (χ0n) is 12.4. The molecule has 0 aromatic heterocycles. The molecule has 0 saturated carbocycles. The van der Waals surface area contributed by atoms with Crippen LogP contribution in [0.1, 0.15) is 24.5 Å². The van der Waals surface area contributed by atoms with E-state index in [1.165, 1.54) is 24.5 Å². The van der Waals surface area contributed by atoms with Crippen molar-refractivity contribution in [3.63, 3.8) is 0 Å². The maximum absolute atomic E-state index is 11.6. The molecule has 0 saturated heterocycles. The summed E-state index contributed by atoms with van der Waals surface area (Å²) in [5.41, 5.74) is 2.72. The molecule has 1 aromatic carbocycles. The van der Waals surface area contributed by atoms with Crippen LogP contribution in [-0.4, -0.2) is 39.0 Å². The average molecular weight is 311 g/mol. The quantitative estimate of drug-likeness (QED) is 0.799. The zero-order valence-corrected chi connectivity index (χ0v) is 13.2. The van der Waals surface area contributed by atoms with Crippen LogP contribution in [-0.2, 0) is 27.5 Å². The first kappa shape index (κ1) is 15.8. The van der Waals surface area contributed by atoms with Gasteiger partial charge >= 0.3 is 0 Å². The van der Waals surface area contributed by atoms with Gasteiger partial charge in [-0.3, -0.25) is 4.79 Å². The number of rotatable bonds is 6. The lowest BCUT2D eigenvalue weighted by Crippen LogP contribution is -2.39. The Hall–Kier alpha value is -1.56. The number of ether oxygens (including phenoxy) is 1. The van der Waals surface area contributed by atoms with Crippen molar-refractivity contribution in [3.05, 3.63) is 29.3 Å². The van der Waals surface area contributed by atoms with Crippen molar-refractivity contribution in [2.45, 2.75) is 31.4 Å². The van der Waals surface area contributed by atoms with Crippen molar-refractivity contribution < 1.29 is 17.9 Å². The van der Waals surface area contributed by atoms with E-state index in [0.717, 1.165) is 24.8 Å². The third-order valence-corrected chi connectivity index (χ3v) is 5.25. The Morgan fingerprint density at radius 1 is 1.33 bits per heavy atom. The Labute approximate surface area is 125 Å². The van der Waals surface area contributed by atoms with E-state index in [4.69, 9.17) is 4.74 Å². The Morgan fingerprint density at radius 2 is 2.05 bits per heavy atom. The van der Waals surface area contributed by atoms with Crippen LogP contribution in [0.2, 0.25) is 0 Å². The van der Waals surface area contributed by atoms with Crippen LogP contribution in [0.3, 0.4) is 0 Å². The van der Waals surface area contributed by atoms with Gasteiger partial charge < -0.3 is 10.1 Å². The predicted molar refractivity (Wildman–Crippen MR) is 81.3 cm³/mol. The highest BCUT2D eigenvalue weighted by Crippen LogP contribution is 2.25. The molecule has 21 heavy (non-hydrogen) atoms. The second-order valence-corrected chi connectivity index (χ2v) is 7.76. The minimum Gasteiger partial charge on any atom is -0.492 e. The van der Waals surface area contributed by atoms with Crippen LogP contribution in [0.5, 0.6) is 5.75 Å². The van der Waals surface area contributed by atoms with Crippen LogP contribution in [0.25, 0.3) is 0 Å². The third kappa shape index (κ3) is 4.20. The molecule has 1 aliphatic carbocycles. The summed E-state index contributed by atoms with van der Waals surface area (Å²) >= 11 is 0. The number of benzene rings is 1. The number of fused-ring (bicyclic) bond motifs is 1. The van der Waals surface area contributed by atoms with E-state index in [9.17, 15) is 13.2 Å². The number of amides is 1. The highest BCUT2D eigenvalue weighted by molar-refractivity contribution is 7.92. The predicted octanol–water partition coefficient (Wildman–Crippen LogP) is 1.10. The van der Waals surface area contributed by atoms with Gasteiger partial charge in [0.15, 0.2) is 9.84 Å². The number of aryl methyl sites for hydroxylation is 2. The van der Waals surface area contributed by atoms with E-state index in [-0.39, 0.29) is 6.54 Å². The molecule has 1 N–H and O–H groups in total. The Bertz CT molecular complexity index is 625. The maximum Gasteiger partial charge on any atom is 0.238 e. The van der Waals surface area contributed by atoms with Gasteiger partial charge in [-0.15, -0.1) is 0 Å². The highest BCUT2D eigenvalue weighted by atomic mass is 32.2. The first-order chi connectivity index (χ1) is 9.88. The van der Waals surface area contributed by atoms with Gasteiger partial charge in [0, 0.05) is 6.26 Å². The van der Waals surface area contributed by atoms with E-state index < -0.39 is 21.0 Å². The van der Waals surface area contributed by atoms with Crippen molar-refractivity contribution >= 4 is 15.7 Å². The van der Waals surface area contributed by atoms with E-state index in [0.29, 0.717) is 6.61 Å². The van der Waals surface area contributed by atoms with Gasteiger partial charge in [0.05, 0.1) is 6.54 Å². The third-order valence-electron chi connectivity index (χ3n) is 3.75. The number of hydrogen-bond donors (Lipinski definition) is 1. The first-order valence-corrected chi connectivity index (χ1v) is 9.04.